The van der Waals surface area contributed by atoms with E-state index in [1.807, 2.05) is 32.9 Å². The molecule has 0 unspecified atom stereocenters. The Bertz CT molecular complexity index is 1350. The average Bonchev–Trinajstić information content (AvgIpc) is 3.29. The molecule has 0 saturated heterocycles. The van der Waals surface area contributed by atoms with Gasteiger partial charge in [0.2, 0.25) is 5.17 Å². The number of fused-ring (bicyclic) bond motifs is 1. The number of amides is 1. The number of aryl methyl sites for hydroxylation is 1. The molecule has 8 nitrogen and oxygen atoms in total. The monoisotopic (exact) mass is 598 g/mol. The third kappa shape index (κ3) is 6.13. The Morgan fingerprint density at radius 1 is 1.11 bits per heavy atom. The summed E-state index contributed by atoms with van der Waals surface area (Å²) in [6.45, 7) is 11.3. The van der Waals surface area contributed by atoms with Crippen LogP contribution in [0.4, 0.5) is 0 Å². The maximum Gasteiger partial charge on any atom is 0.283 e. The molecule has 0 radical (unpaired) electrons. The molecular formula is C28H31BrN4O4S. The third-order valence-corrected chi connectivity index (χ3v) is 7.46. The normalized spacial score (nSPS) is 16.1. The molecule has 0 spiro atoms. The topological polar surface area (TPSA) is 96.6 Å². The summed E-state index contributed by atoms with van der Waals surface area (Å²) in [6, 6.07) is 9.85. The van der Waals surface area contributed by atoms with Gasteiger partial charge < -0.3 is 14.2 Å². The van der Waals surface area contributed by atoms with Gasteiger partial charge in [0.25, 0.3) is 5.91 Å². The van der Waals surface area contributed by atoms with Crippen LogP contribution in [-0.2, 0) is 4.79 Å². The second-order valence-corrected chi connectivity index (χ2v) is 10.9. The first-order valence-electron chi connectivity index (χ1n) is 12.5. The Balaban J connectivity index is 1.51. The van der Waals surface area contributed by atoms with E-state index in [9.17, 15) is 4.79 Å². The number of benzene rings is 2. The van der Waals surface area contributed by atoms with Crippen LogP contribution in [0, 0.1) is 12.3 Å². The molecule has 0 saturated carbocycles. The molecule has 0 bridgehead atoms. The fourth-order valence-electron chi connectivity index (χ4n) is 3.95. The standard InChI is InChI=1S/C28H31BrN4O4S/c1-6-24-32-33-26(30)20(27(34)31-28(33)38-24)13-18-14-21(29)25(23(15-18)35-7-2)37-11-10-36-22-12-17(5)8-9-19(22)16(3)4/h8-9,12-16,30H,6-7,10-11H2,1-5H3/b20-13-,30-26?. The number of rotatable bonds is 10. The molecule has 0 aromatic heterocycles. The smallest absolute Gasteiger partial charge is 0.283 e. The number of halogens is 1. The molecule has 200 valence electrons. The van der Waals surface area contributed by atoms with E-state index in [1.165, 1.54) is 16.8 Å². The Kier molecular flexibility index (Phi) is 8.94. The van der Waals surface area contributed by atoms with Gasteiger partial charge in [0, 0.05) is 0 Å². The number of carbonyl (C=O) groups excluding carboxylic acids is 1. The number of hydrogen-bond donors (Lipinski definition) is 1. The highest BCUT2D eigenvalue weighted by Gasteiger charge is 2.35. The van der Waals surface area contributed by atoms with E-state index in [0.717, 1.165) is 21.9 Å². The Morgan fingerprint density at radius 3 is 2.58 bits per heavy atom. The molecule has 2 aliphatic rings. The summed E-state index contributed by atoms with van der Waals surface area (Å²) in [6.07, 6.45) is 2.34. The maximum atomic E-state index is 12.7. The number of aliphatic imine (C=N–C) groups is 1. The van der Waals surface area contributed by atoms with Crippen molar-refractivity contribution >= 4 is 55.7 Å². The van der Waals surface area contributed by atoms with Gasteiger partial charge in [-0.1, -0.05) is 32.9 Å². The van der Waals surface area contributed by atoms with Crippen molar-refractivity contribution in [3.05, 3.63) is 57.1 Å². The fourth-order valence-corrected chi connectivity index (χ4v) is 5.35. The average molecular weight is 600 g/mol. The van der Waals surface area contributed by atoms with Crippen LogP contribution in [0.25, 0.3) is 6.08 Å². The van der Waals surface area contributed by atoms with E-state index >= 15 is 0 Å². The van der Waals surface area contributed by atoms with E-state index in [4.69, 9.17) is 19.6 Å². The highest BCUT2D eigenvalue weighted by molar-refractivity contribution is 9.10. The van der Waals surface area contributed by atoms with Crippen LogP contribution < -0.4 is 14.2 Å². The first-order valence-corrected chi connectivity index (χ1v) is 14.1. The Labute approximate surface area is 235 Å². The van der Waals surface area contributed by atoms with Crippen LogP contribution >= 0.6 is 27.7 Å². The SMILES string of the molecule is CCOc1cc(/C=C2/C(=N)N3N=C(CC)SC3=NC2=O)cc(Br)c1OCCOc1cc(C)ccc1C(C)C. The minimum absolute atomic E-state index is 0.000534. The third-order valence-electron chi connectivity index (χ3n) is 5.82. The summed E-state index contributed by atoms with van der Waals surface area (Å²) in [5.41, 5.74) is 3.13. The van der Waals surface area contributed by atoms with Gasteiger partial charge >= 0.3 is 0 Å². The molecule has 38 heavy (non-hydrogen) atoms. The summed E-state index contributed by atoms with van der Waals surface area (Å²) < 4.78 is 18.6. The second kappa shape index (κ2) is 12.2. The molecule has 2 aromatic carbocycles. The molecular weight excluding hydrogens is 568 g/mol. The number of thioether (sulfide) groups is 1. The van der Waals surface area contributed by atoms with Crippen LogP contribution in [0.1, 0.15) is 56.7 Å². The van der Waals surface area contributed by atoms with E-state index < -0.39 is 5.91 Å². The quantitative estimate of drug-likeness (QED) is 0.239. The lowest BCUT2D eigenvalue weighted by atomic mass is 10.0. The first-order chi connectivity index (χ1) is 18.2. The van der Waals surface area contributed by atoms with E-state index in [-0.39, 0.29) is 11.4 Å². The molecule has 4 rings (SSSR count). The number of carbonyl (C=O) groups is 1. The van der Waals surface area contributed by atoms with Crippen molar-refractivity contribution in [2.45, 2.75) is 47.0 Å². The van der Waals surface area contributed by atoms with Gasteiger partial charge in [0.1, 0.15) is 24.0 Å². The summed E-state index contributed by atoms with van der Waals surface area (Å²) >= 11 is 4.90. The summed E-state index contributed by atoms with van der Waals surface area (Å²) in [4.78, 5) is 16.8. The molecule has 2 aliphatic heterocycles. The van der Waals surface area contributed by atoms with Gasteiger partial charge in [-0.3, -0.25) is 10.2 Å². The van der Waals surface area contributed by atoms with E-state index in [2.05, 4.69) is 52.0 Å². The second-order valence-electron chi connectivity index (χ2n) is 9.02. The predicted molar refractivity (Wildman–Crippen MR) is 157 cm³/mol. The van der Waals surface area contributed by atoms with Crippen molar-refractivity contribution in [3.63, 3.8) is 0 Å². The van der Waals surface area contributed by atoms with Crippen LogP contribution in [0.3, 0.4) is 0 Å². The largest absolute Gasteiger partial charge is 0.490 e. The van der Waals surface area contributed by atoms with Crippen molar-refractivity contribution in [1.29, 1.82) is 5.41 Å². The lowest BCUT2D eigenvalue weighted by Crippen LogP contribution is -2.35. The Morgan fingerprint density at radius 2 is 1.87 bits per heavy atom. The van der Waals surface area contributed by atoms with E-state index in [0.29, 0.717) is 58.9 Å². The molecule has 1 N–H and O–H groups in total. The zero-order valence-electron chi connectivity index (χ0n) is 22.1. The lowest BCUT2D eigenvalue weighted by molar-refractivity contribution is -0.114. The molecule has 10 heteroatoms. The van der Waals surface area contributed by atoms with Crippen molar-refractivity contribution in [3.8, 4) is 17.2 Å². The molecule has 1 amide bonds. The Hall–Kier alpha value is -3.11. The minimum atomic E-state index is -0.468. The van der Waals surface area contributed by atoms with Crippen molar-refractivity contribution in [2.24, 2.45) is 10.1 Å². The summed E-state index contributed by atoms with van der Waals surface area (Å²) in [5, 5.41) is 15.6. The highest BCUT2D eigenvalue weighted by Crippen LogP contribution is 2.38. The van der Waals surface area contributed by atoms with Gasteiger partial charge in [0.05, 0.1) is 16.7 Å². The van der Waals surface area contributed by atoms with E-state index in [1.54, 1.807) is 12.1 Å². The fraction of sp³-hybridized carbons (Fsp3) is 0.357. The zero-order valence-corrected chi connectivity index (χ0v) is 24.5. The number of hydrazone groups is 1. The number of amidine groups is 2. The molecule has 0 fully saturated rings. The number of ether oxygens (including phenoxy) is 3. The molecule has 2 aromatic rings. The molecule has 0 atom stereocenters. The molecule has 0 aliphatic carbocycles. The summed E-state index contributed by atoms with van der Waals surface area (Å²) in [7, 11) is 0. The van der Waals surface area contributed by atoms with Gasteiger partial charge in [-0.15, -0.1) is 0 Å². The van der Waals surface area contributed by atoms with Gasteiger partial charge in [-0.05, 0) is 94.8 Å². The van der Waals surface area contributed by atoms with Crippen molar-refractivity contribution in [1.82, 2.24) is 5.01 Å². The van der Waals surface area contributed by atoms with Crippen LogP contribution in [0.5, 0.6) is 17.2 Å². The summed E-state index contributed by atoms with van der Waals surface area (Å²) in [5.74, 6) is 1.82. The minimum Gasteiger partial charge on any atom is -0.490 e. The van der Waals surface area contributed by atoms with Gasteiger partial charge in [0.15, 0.2) is 17.3 Å². The van der Waals surface area contributed by atoms with Gasteiger partial charge in [-0.25, -0.2) is 0 Å². The van der Waals surface area contributed by atoms with Crippen LogP contribution in [0.15, 0.2) is 50.5 Å². The van der Waals surface area contributed by atoms with Crippen LogP contribution in [-0.4, -0.2) is 46.8 Å². The van der Waals surface area contributed by atoms with Gasteiger partial charge in [-0.2, -0.15) is 15.1 Å². The predicted octanol–water partition coefficient (Wildman–Crippen LogP) is 6.77. The number of nitrogens with zero attached hydrogens (tertiary/aromatic N) is 3. The maximum absolute atomic E-state index is 12.7. The highest BCUT2D eigenvalue weighted by atomic mass is 79.9. The number of hydrogen-bond acceptors (Lipinski definition) is 7. The molecule has 2 heterocycles. The van der Waals surface area contributed by atoms with Crippen LogP contribution in [0.2, 0.25) is 0 Å². The van der Waals surface area contributed by atoms with Crippen molar-refractivity contribution in [2.75, 3.05) is 19.8 Å². The zero-order chi connectivity index (χ0) is 27.4. The first kappa shape index (κ1) is 27.9. The lowest BCUT2D eigenvalue weighted by Gasteiger charge is -2.20. The number of nitrogens with one attached hydrogen (secondary N) is 1. The van der Waals surface area contributed by atoms with Crippen molar-refractivity contribution < 1.29 is 19.0 Å².